The smallest absolute Gasteiger partial charge is 0.331 e. The highest BCUT2D eigenvalue weighted by Crippen LogP contribution is 2.30. The van der Waals surface area contributed by atoms with Crippen LogP contribution in [0.1, 0.15) is 33.6 Å². The number of aliphatic carboxylic acids is 1. The summed E-state index contributed by atoms with van der Waals surface area (Å²) in [7, 11) is 0. The predicted octanol–water partition coefficient (Wildman–Crippen LogP) is 0.118. The van der Waals surface area contributed by atoms with Crippen molar-refractivity contribution in [2.45, 2.75) is 63.9 Å². The van der Waals surface area contributed by atoms with Crippen LogP contribution in [-0.4, -0.2) is 78.5 Å². The van der Waals surface area contributed by atoms with Crippen molar-refractivity contribution < 1.29 is 24.2 Å². The lowest BCUT2D eigenvalue weighted by Crippen LogP contribution is -2.62. The summed E-state index contributed by atoms with van der Waals surface area (Å²) in [5, 5.41) is 12.4. The first kappa shape index (κ1) is 20.8. The van der Waals surface area contributed by atoms with Crippen molar-refractivity contribution in [3.05, 3.63) is 11.6 Å². The minimum atomic E-state index is -0.964. The molecule has 2 rings (SSSR count). The maximum absolute atomic E-state index is 11.7. The molecule has 4 N–H and O–H groups in total. The molecule has 1 fully saturated rings. The van der Waals surface area contributed by atoms with Crippen LogP contribution in [0.3, 0.4) is 0 Å². The molecule has 1 heterocycles. The van der Waals surface area contributed by atoms with E-state index < -0.39 is 12.0 Å². The zero-order chi connectivity index (χ0) is 19.3. The van der Waals surface area contributed by atoms with E-state index >= 15 is 0 Å². The van der Waals surface area contributed by atoms with Gasteiger partial charge in [-0.1, -0.05) is 6.08 Å². The highest BCUT2D eigenvalue weighted by Gasteiger charge is 2.43. The van der Waals surface area contributed by atoms with Crippen LogP contribution >= 0.6 is 0 Å². The van der Waals surface area contributed by atoms with Gasteiger partial charge in [0.05, 0.1) is 24.8 Å². The Labute approximate surface area is 154 Å². The number of hydrogen-bond donors (Lipinski definition) is 3. The van der Waals surface area contributed by atoms with Crippen molar-refractivity contribution in [1.82, 2.24) is 10.2 Å². The van der Waals surface area contributed by atoms with Gasteiger partial charge in [0.25, 0.3) is 0 Å². The van der Waals surface area contributed by atoms with Gasteiger partial charge in [-0.25, -0.2) is 4.79 Å². The van der Waals surface area contributed by atoms with Crippen LogP contribution in [0.5, 0.6) is 0 Å². The second-order valence-corrected chi connectivity index (χ2v) is 6.91. The standard InChI is InChI=1S/C18H31N3O5/c1-4-25-10-13-8-14(26-5-2)9-21(13)16-7-12(18(23)24)6-15(19)17(16)20-11(3)22/h7,13-17H,4-6,8-10,19H2,1-3H3,(H,20,22)(H,23,24)/t13-,14+,15-,16+,17+/m0/s1. The molecule has 8 heteroatoms. The number of carboxylic acids is 1. The van der Waals surface area contributed by atoms with E-state index in [0.717, 1.165) is 6.42 Å². The fourth-order valence-electron chi connectivity index (χ4n) is 3.94. The van der Waals surface area contributed by atoms with Crippen LogP contribution in [0.15, 0.2) is 11.6 Å². The summed E-state index contributed by atoms with van der Waals surface area (Å²) in [4.78, 5) is 25.4. The van der Waals surface area contributed by atoms with Crippen molar-refractivity contribution in [2.75, 3.05) is 26.4 Å². The molecular weight excluding hydrogens is 338 g/mol. The van der Waals surface area contributed by atoms with Gasteiger partial charge in [-0.15, -0.1) is 0 Å². The van der Waals surface area contributed by atoms with E-state index in [2.05, 4.69) is 10.2 Å². The SMILES string of the molecule is CCOC[C@@H]1C[C@@H](OCC)CN1[C@@H]1C=C(C(=O)O)C[C@H](N)[C@H]1NC(C)=O. The molecule has 1 amide bonds. The Bertz CT molecular complexity index is 539. The van der Waals surface area contributed by atoms with E-state index in [0.29, 0.717) is 31.9 Å². The molecule has 1 saturated heterocycles. The zero-order valence-electron chi connectivity index (χ0n) is 15.8. The summed E-state index contributed by atoms with van der Waals surface area (Å²) in [5.74, 6) is -1.14. The minimum absolute atomic E-state index is 0.0586. The summed E-state index contributed by atoms with van der Waals surface area (Å²) in [5.41, 5.74) is 6.54. The number of amides is 1. The van der Waals surface area contributed by atoms with Crippen molar-refractivity contribution in [3.63, 3.8) is 0 Å². The lowest BCUT2D eigenvalue weighted by molar-refractivity contribution is -0.133. The number of rotatable bonds is 8. The molecule has 0 radical (unpaired) electrons. The number of carboxylic acid groups (broad SMARTS) is 1. The average molecular weight is 369 g/mol. The Balaban J connectivity index is 2.30. The number of ether oxygens (including phenoxy) is 2. The summed E-state index contributed by atoms with van der Waals surface area (Å²) < 4.78 is 11.4. The van der Waals surface area contributed by atoms with Crippen LogP contribution in [0.4, 0.5) is 0 Å². The van der Waals surface area contributed by atoms with Crippen molar-refractivity contribution in [2.24, 2.45) is 5.73 Å². The molecule has 5 atom stereocenters. The van der Waals surface area contributed by atoms with Gasteiger partial charge >= 0.3 is 5.97 Å². The number of carbonyl (C=O) groups excluding carboxylic acids is 1. The lowest BCUT2D eigenvalue weighted by Gasteiger charge is -2.41. The molecule has 1 aliphatic carbocycles. The third kappa shape index (κ3) is 5.03. The van der Waals surface area contributed by atoms with Gasteiger partial charge in [-0.2, -0.15) is 0 Å². The third-order valence-corrected chi connectivity index (χ3v) is 5.02. The van der Waals surface area contributed by atoms with Gasteiger partial charge in [0.2, 0.25) is 5.91 Å². The van der Waals surface area contributed by atoms with Crippen LogP contribution in [0.2, 0.25) is 0 Å². The number of nitrogens with zero attached hydrogens (tertiary/aromatic N) is 1. The summed E-state index contributed by atoms with van der Waals surface area (Å²) >= 11 is 0. The zero-order valence-corrected chi connectivity index (χ0v) is 15.8. The van der Waals surface area contributed by atoms with Gasteiger partial charge in [0.15, 0.2) is 0 Å². The van der Waals surface area contributed by atoms with Gasteiger partial charge < -0.3 is 25.6 Å². The number of nitrogens with one attached hydrogen (secondary N) is 1. The molecule has 0 aromatic rings. The molecule has 0 bridgehead atoms. The number of hydrogen-bond acceptors (Lipinski definition) is 6. The molecule has 0 saturated carbocycles. The first-order valence-electron chi connectivity index (χ1n) is 9.29. The lowest BCUT2D eigenvalue weighted by atomic mass is 9.85. The van der Waals surface area contributed by atoms with Crippen molar-refractivity contribution >= 4 is 11.9 Å². The van der Waals surface area contributed by atoms with E-state index in [4.69, 9.17) is 15.2 Å². The summed E-state index contributed by atoms with van der Waals surface area (Å²) in [6.07, 6.45) is 2.83. The van der Waals surface area contributed by atoms with E-state index in [1.165, 1.54) is 6.92 Å². The Morgan fingerprint density at radius 1 is 1.38 bits per heavy atom. The Hall–Kier alpha value is -1.48. The third-order valence-electron chi connectivity index (χ3n) is 5.02. The van der Waals surface area contributed by atoms with Gasteiger partial charge in [0.1, 0.15) is 0 Å². The first-order valence-corrected chi connectivity index (χ1v) is 9.29. The topological polar surface area (TPSA) is 114 Å². The Kier molecular flexibility index (Phi) is 7.57. The predicted molar refractivity (Wildman–Crippen MR) is 96.7 cm³/mol. The number of likely N-dealkylation sites (tertiary alicyclic amines) is 1. The highest BCUT2D eigenvalue weighted by molar-refractivity contribution is 5.87. The molecule has 0 unspecified atom stereocenters. The second kappa shape index (κ2) is 9.45. The average Bonchev–Trinajstić information content (AvgIpc) is 2.97. The van der Waals surface area contributed by atoms with Crippen molar-refractivity contribution in [3.8, 4) is 0 Å². The Morgan fingerprint density at radius 3 is 2.69 bits per heavy atom. The summed E-state index contributed by atoms with van der Waals surface area (Å²) in [6, 6.07) is -1.02. The van der Waals surface area contributed by atoms with E-state index in [9.17, 15) is 14.7 Å². The van der Waals surface area contributed by atoms with Gasteiger partial charge in [0, 0.05) is 44.3 Å². The quantitative estimate of drug-likeness (QED) is 0.557. The molecule has 0 aromatic heterocycles. The molecule has 1 aliphatic heterocycles. The first-order chi connectivity index (χ1) is 12.4. The highest BCUT2D eigenvalue weighted by atomic mass is 16.5. The van der Waals surface area contributed by atoms with Gasteiger partial charge in [-0.3, -0.25) is 9.69 Å². The second-order valence-electron chi connectivity index (χ2n) is 6.91. The van der Waals surface area contributed by atoms with E-state index in [1.807, 2.05) is 13.8 Å². The molecule has 0 aromatic carbocycles. The molecule has 0 spiro atoms. The maximum atomic E-state index is 11.7. The Morgan fingerprint density at radius 2 is 2.12 bits per heavy atom. The van der Waals surface area contributed by atoms with Crippen molar-refractivity contribution in [1.29, 1.82) is 0 Å². The fourth-order valence-corrected chi connectivity index (χ4v) is 3.94. The molecule has 26 heavy (non-hydrogen) atoms. The monoisotopic (exact) mass is 369 g/mol. The molecule has 2 aliphatic rings. The van der Waals surface area contributed by atoms with Crippen LogP contribution in [0.25, 0.3) is 0 Å². The van der Waals surface area contributed by atoms with Gasteiger partial charge in [-0.05, 0) is 26.7 Å². The van der Waals surface area contributed by atoms with Crippen LogP contribution < -0.4 is 11.1 Å². The summed E-state index contributed by atoms with van der Waals surface area (Å²) in [6.45, 7) is 7.77. The van der Waals surface area contributed by atoms with Crippen LogP contribution in [0, 0.1) is 0 Å². The molecule has 148 valence electrons. The van der Waals surface area contributed by atoms with Crippen LogP contribution in [-0.2, 0) is 19.1 Å². The maximum Gasteiger partial charge on any atom is 0.331 e. The normalized spacial score (nSPS) is 32.3. The fraction of sp³-hybridized carbons (Fsp3) is 0.778. The number of nitrogens with two attached hydrogens (primary N) is 1. The number of carbonyl (C=O) groups is 2. The largest absolute Gasteiger partial charge is 0.478 e. The molecule has 8 nitrogen and oxygen atoms in total. The van der Waals surface area contributed by atoms with E-state index in [1.54, 1.807) is 6.08 Å². The minimum Gasteiger partial charge on any atom is -0.478 e. The van der Waals surface area contributed by atoms with E-state index in [-0.39, 0.29) is 36.6 Å². The molecular formula is C18H31N3O5.